The van der Waals surface area contributed by atoms with E-state index in [0.717, 1.165) is 47.2 Å². The quantitative estimate of drug-likeness (QED) is 0.842. The van der Waals surface area contributed by atoms with Crippen molar-refractivity contribution in [2.45, 2.75) is 44.7 Å². The zero-order valence-corrected chi connectivity index (χ0v) is 14.9. The second-order valence-corrected chi connectivity index (χ2v) is 7.23. The minimum absolute atomic E-state index is 0.0252. The Morgan fingerprint density at radius 2 is 2.00 bits per heavy atom. The number of nitrogens with one attached hydrogen (secondary N) is 1. The molecule has 0 saturated heterocycles. The summed E-state index contributed by atoms with van der Waals surface area (Å²) in [7, 11) is 0. The highest BCUT2D eigenvalue weighted by Gasteiger charge is 2.27. The Morgan fingerprint density at radius 3 is 2.70 bits per heavy atom. The summed E-state index contributed by atoms with van der Waals surface area (Å²) in [6.45, 7) is 3.10. The molecule has 126 valence electrons. The van der Waals surface area contributed by atoms with Crippen LogP contribution in [0.3, 0.4) is 0 Å². The van der Waals surface area contributed by atoms with Gasteiger partial charge in [0.25, 0.3) is 0 Å². The van der Waals surface area contributed by atoms with E-state index in [0.29, 0.717) is 13.2 Å². The monoisotopic (exact) mass is 382 g/mol. The molecule has 3 rings (SSSR count). The third-order valence-corrected chi connectivity index (χ3v) is 5.26. The van der Waals surface area contributed by atoms with E-state index >= 15 is 0 Å². The van der Waals surface area contributed by atoms with Crippen LogP contribution in [0.25, 0.3) is 0 Å². The lowest BCUT2D eigenvalue weighted by Gasteiger charge is -2.28. The van der Waals surface area contributed by atoms with E-state index in [1.165, 1.54) is 0 Å². The molecule has 1 saturated carbocycles. The van der Waals surface area contributed by atoms with Crippen LogP contribution in [-0.2, 0) is 4.79 Å². The fourth-order valence-corrected chi connectivity index (χ4v) is 3.95. The van der Waals surface area contributed by atoms with Gasteiger partial charge in [-0.25, -0.2) is 0 Å². The van der Waals surface area contributed by atoms with Gasteiger partial charge in [0.05, 0.1) is 6.04 Å². The van der Waals surface area contributed by atoms with Gasteiger partial charge in [0.2, 0.25) is 5.91 Å². The molecule has 1 amide bonds. The molecular formula is C17H23BrN2O3. The third-order valence-electron chi connectivity index (χ3n) is 4.57. The second kappa shape index (κ2) is 7.09. The van der Waals surface area contributed by atoms with Crippen molar-refractivity contribution in [3.63, 3.8) is 0 Å². The van der Waals surface area contributed by atoms with Gasteiger partial charge in [0.15, 0.2) is 11.5 Å². The SMILES string of the molecule is CC(NC(=O)C1CCCC(N)C1)c1cc2c(cc1Br)OCCO2. The van der Waals surface area contributed by atoms with Crippen molar-refractivity contribution in [3.05, 3.63) is 22.2 Å². The lowest BCUT2D eigenvalue weighted by molar-refractivity contribution is -0.126. The number of halogens is 1. The summed E-state index contributed by atoms with van der Waals surface area (Å²) in [6, 6.07) is 3.89. The molecule has 0 bridgehead atoms. The number of carbonyl (C=O) groups excluding carboxylic acids is 1. The first-order valence-corrected chi connectivity index (χ1v) is 8.99. The molecule has 23 heavy (non-hydrogen) atoms. The predicted molar refractivity (Wildman–Crippen MR) is 91.6 cm³/mol. The van der Waals surface area contributed by atoms with Crippen molar-refractivity contribution in [3.8, 4) is 11.5 Å². The first-order chi connectivity index (χ1) is 11.0. The number of nitrogens with two attached hydrogens (primary N) is 1. The molecule has 0 spiro atoms. The average Bonchev–Trinajstić information content (AvgIpc) is 2.54. The largest absolute Gasteiger partial charge is 0.486 e. The lowest BCUT2D eigenvalue weighted by Crippen LogP contribution is -2.38. The molecule has 3 unspecified atom stereocenters. The maximum Gasteiger partial charge on any atom is 0.223 e. The van der Waals surface area contributed by atoms with Crippen LogP contribution >= 0.6 is 15.9 Å². The maximum absolute atomic E-state index is 12.5. The average molecular weight is 383 g/mol. The van der Waals surface area contributed by atoms with E-state index < -0.39 is 0 Å². The summed E-state index contributed by atoms with van der Waals surface area (Å²) < 4.78 is 12.1. The second-order valence-electron chi connectivity index (χ2n) is 6.37. The third kappa shape index (κ3) is 3.80. The molecule has 5 nitrogen and oxygen atoms in total. The van der Waals surface area contributed by atoms with Crippen LogP contribution in [0.1, 0.15) is 44.2 Å². The number of hydrogen-bond donors (Lipinski definition) is 2. The molecule has 3 atom stereocenters. The smallest absolute Gasteiger partial charge is 0.223 e. The molecular weight excluding hydrogens is 360 g/mol. The van der Waals surface area contributed by atoms with Gasteiger partial charge in [-0.2, -0.15) is 0 Å². The summed E-state index contributed by atoms with van der Waals surface area (Å²) >= 11 is 3.56. The van der Waals surface area contributed by atoms with Gasteiger partial charge >= 0.3 is 0 Å². The van der Waals surface area contributed by atoms with Crippen molar-refractivity contribution in [1.29, 1.82) is 0 Å². The summed E-state index contributed by atoms with van der Waals surface area (Å²) in [5.74, 6) is 1.59. The Kier molecular flexibility index (Phi) is 5.11. The molecule has 0 radical (unpaired) electrons. The van der Waals surface area contributed by atoms with Crippen LogP contribution in [0.2, 0.25) is 0 Å². The Labute approximate surface area is 145 Å². The van der Waals surface area contributed by atoms with Gasteiger partial charge in [-0.05, 0) is 43.9 Å². The topological polar surface area (TPSA) is 73.6 Å². The fraction of sp³-hybridized carbons (Fsp3) is 0.588. The van der Waals surface area contributed by atoms with E-state index in [1.807, 2.05) is 19.1 Å². The van der Waals surface area contributed by atoms with Crippen LogP contribution in [0.4, 0.5) is 0 Å². The van der Waals surface area contributed by atoms with Crippen molar-refractivity contribution in [1.82, 2.24) is 5.32 Å². The minimum atomic E-state index is -0.106. The zero-order chi connectivity index (χ0) is 16.4. The Bertz CT molecular complexity index is 593. The summed E-state index contributed by atoms with van der Waals surface area (Å²) in [5, 5.41) is 3.11. The van der Waals surface area contributed by atoms with Crippen LogP contribution < -0.4 is 20.5 Å². The number of amides is 1. The van der Waals surface area contributed by atoms with Crippen molar-refractivity contribution in [2.24, 2.45) is 11.7 Å². The minimum Gasteiger partial charge on any atom is -0.486 e. The zero-order valence-electron chi connectivity index (χ0n) is 13.3. The predicted octanol–water partition coefficient (Wildman–Crippen LogP) is 2.92. The lowest BCUT2D eigenvalue weighted by atomic mass is 9.85. The van der Waals surface area contributed by atoms with Gasteiger partial charge in [-0.3, -0.25) is 4.79 Å². The fourth-order valence-electron chi connectivity index (χ4n) is 3.29. The summed E-state index contributed by atoms with van der Waals surface area (Å²) in [4.78, 5) is 12.5. The number of fused-ring (bicyclic) bond motifs is 1. The molecule has 1 aromatic rings. The van der Waals surface area contributed by atoms with Crippen LogP contribution in [-0.4, -0.2) is 25.2 Å². The molecule has 1 aromatic carbocycles. The first-order valence-electron chi connectivity index (χ1n) is 8.19. The summed E-state index contributed by atoms with van der Waals surface area (Å²) in [5.41, 5.74) is 6.98. The van der Waals surface area contributed by atoms with Gasteiger partial charge < -0.3 is 20.5 Å². The van der Waals surface area contributed by atoms with Crippen LogP contribution in [0.15, 0.2) is 16.6 Å². The molecule has 1 aliphatic heterocycles. The number of ether oxygens (including phenoxy) is 2. The molecule has 3 N–H and O–H groups in total. The first kappa shape index (κ1) is 16.6. The summed E-state index contributed by atoms with van der Waals surface area (Å²) in [6.07, 6.45) is 3.75. The van der Waals surface area contributed by atoms with Crippen molar-refractivity contribution < 1.29 is 14.3 Å². The van der Waals surface area contributed by atoms with E-state index in [4.69, 9.17) is 15.2 Å². The molecule has 1 heterocycles. The Balaban J connectivity index is 1.70. The molecule has 2 aliphatic rings. The number of hydrogen-bond acceptors (Lipinski definition) is 4. The van der Waals surface area contributed by atoms with Crippen LogP contribution in [0, 0.1) is 5.92 Å². The van der Waals surface area contributed by atoms with E-state index in [9.17, 15) is 4.79 Å². The van der Waals surface area contributed by atoms with Gasteiger partial charge in [0, 0.05) is 16.4 Å². The molecule has 0 aromatic heterocycles. The molecule has 1 fully saturated rings. The van der Waals surface area contributed by atoms with Crippen LogP contribution in [0.5, 0.6) is 11.5 Å². The molecule has 1 aliphatic carbocycles. The van der Waals surface area contributed by atoms with Gasteiger partial charge in [0.1, 0.15) is 13.2 Å². The normalized spacial score (nSPS) is 24.8. The highest BCUT2D eigenvalue weighted by atomic mass is 79.9. The number of carbonyl (C=O) groups is 1. The maximum atomic E-state index is 12.5. The number of rotatable bonds is 3. The van der Waals surface area contributed by atoms with Gasteiger partial charge in [-0.15, -0.1) is 0 Å². The van der Waals surface area contributed by atoms with Gasteiger partial charge in [-0.1, -0.05) is 22.4 Å². The molecule has 6 heteroatoms. The highest BCUT2D eigenvalue weighted by molar-refractivity contribution is 9.10. The Morgan fingerprint density at radius 1 is 1.30 bits per heavy atom. The van der Waals surface area contributed by atoms with E-state index in [1.54, 1.807) is 0 Å². The van der Waals surface area contributed by atoms with E-state index in [-0.39, 0.29) is 23.9 Å². The highest BCUT2D eigenvalue weighted by Crippen LogP contribution is 2.38. The van der Waals surface area contributed by atoms with Crippen molar-refractivity contribution in [2.75, 3.05) is 13.2 Å². The van der Waals surface area contributed by atoms with Crippen molar-refractivity contribution >= 4 is 21.8 Å². The standard InChI is InChI=1S/C17H23BrN2O3/c1-10(20-17(21)11-3-2-4-12(19)7-11)13-8-15-16(9-14(13)18)23-6-5-22-15/h8-12H,2-7,19H2,1H3,(H,20,21). The number of benzene rings is 1. The Hall–Kier alpha value is -1.27. The van der Waals surface area contributed by atoms with E-state index in [2.05, 4.69) is 21.2 Å².